The van der Waals surface area contributed by atoms with Gasteiger partial charge in [-0.1, -0.05) is 35.6 Å². The molecule has 4 aromatic rings. The number of carbonyl (C=O) groups is 1. The second-order valence-corrected chi connectivity index (χ2v) is 9.13. The number of anilines is 1. The molecule has 0 bridgehead atoms. The molecule has 3 aromatic carbocycles. The third-order valence-electron chi connectivity index (χ3n) is 5.15. The number of fused-ring (bicyclic) bond motifs is 1. The van der Waals surface area contributed by atoms with Crippen molar-refractivity contribution >= 4 is 32.6 Å². The number of hydrogen-bond donors (Lipinski definition) is 0. The van der Waals surface area contributed by atoms with Crippen LogP contribution in [0.25, 0.3) is 10.2 Å². The number of carbonyl (C=O) groups excluding carboxylic acids is 1. The van der Waals surface area contributed by atoms with Gasteiger partial charge in [0.15, 0.2) is 5.13 Å². The van der Waals surface area contributed by atoms with Gasteiger partial charge in [0.2, 0.25) is 0 Å². The van der Waals surface area contributed by atoms with Gasteiger partial charge in [-0.2, -0.15) is 0 Å². The first-order valence-electron chi connectivity index (χ1n) is 10.6. The molecule has 0 unspecified atom stereocenters. The molecule has 0 aliphatic rings. The fourth-order valence-electron chi connectivity index (χ4n) is 3.50. The number of aryl methyl sites for hydroxylation is 2. The number of nitrogens with zero attached hydrogens (tertiary/aromatic N) is 3. The number of rotatable bonds is 7. The average molecular weight is 446 g/mol. The van der Waals surface area contributed by atoms with Crippen LogP contribution in [0.1, 0.15) is 21.5 Å². The van der Waals surface area contributed by atoms with Crippen LogP contribution in [0.5, 0.6) is 11.5 Å². The molecule has 0 aliphatic heterocycles. The fourth-order valence-corrected chi connectivity index (χ4v) is 4.67. The Hall–Kier alpha value is -3.22. The van der Waals surface area contributed by atoms with Crippen LogP contribution in [-0.2, 0) is 0 Å². The predicted molar refractivity (Wildman–Crippen MR) is 132 cm³/mol. The summed E-state index contributed by atoms with van der Waals surface area (Å²) in [5, 5.41) is 0.727. The molecule has 5 nitrogen and oxygen atoms in total. The summed E-state index contributed by atoms with van der Waals surface area (Å²) < 4.78 is 6.96. The third kappa shape index (κ3) is 4.98. The number of para-hydroxylation sites is 1. The molecule has 1 amide bonds. The number of thiazole rings is 1. The molecule has 0 atom stereocenters. The molecule has 6 heteroatoms. The molecule has 4 rings (SSSR count). The summed E-state index contributed by atoms with van der Waals surface area (Å²) in [6.45, 7) is 5.46. The lowest BCUT2D eigenvalue weighted by atomic mass is 10.1. The number of ether oxygens (including phenoxy) is 1. The van der Waals surface area contributed by atoms with E-state index in [1.807, 2.05) is 68.7 Å². The van der Waals surface area contributed by atoms with Crippen LogP contribution in [-0.4, -0.2) is 43.0 Å². The number of hydrogen-bond acceptors (Lipinski definition) is 5. The Kier molecular flexibility index (Phi) is 6.53. The zero-order valence-corrected chi connectivity index (χ0v) is 19.6. The quantitative estimate of drug-likeness (QED) is 0.355. The van der Waals surface area contributed by atoms with E-state index in [0.29, 0.717) is 17.9 Å². The molecule has 32 heavy (non-hydrogen) atoms. The van der Waals surface area contributed by atoms with E-state index in [4.69, 9.17) is 9.72 Å². The van der Waals surface area contributed by atoms with E-state index in [1.54, 1.807) is 16.2 Å². The Bertz CT molecular complexity index is 1220. The molecule has 0 spiro atoms. The molecular formula is C26H27N3O2S. The largest absolute Gasteiger partial charge is 0.457 e. The van der Waals surface area contributed by atoms with Crippen LogP contribution >= 0.6 is 11.3 Å². The second kappa shape index (κ2) is 9.51. The van der Waals surface area contributed by atoms with E-state index >= 15 is 0 Å². The molecule has 0 aliphatic carbocycles. The van der Waals surface area contributed by atoms with Crippen molar-refractivity contribution in [1.82, 2.24) is 9.88 Å². The standard InChI is InChI=1S/C26H27N3O2S/c1-18-16-19(2)24-23(17-18)32-26(27-24)29(15-14-28(3)4)25(30)20-10-12-22(13-11-20)31-21-8-6-5-7-9-21/h5-13,16-17H,14-15H2,1-4H3. The Morgan fingerprint density at radius 3 is 2.31 bits per heavy atom. The van der Waals surface area contributed by atoms with Crippen molar-refractivity contribution in [2.45, 2.75) is 13.8 Å². The number of aromatic nitrogens is 1. The van der Waals surface area contributed by atoms with Crippen molar-refractivity contribution in [2.75, 3.05) is 32.1 Å². The smallest absolute Gasteiger partial charge is 0.260 e. The second-order valence-electron chi connectivity index (χ2n) is 8.12. The zero-order valence-electron chi connectivity index (χ0n) is 18.8. The van der Waals surface area contributed by atoms with Gasteiger partial charge < -0.3 is 9.64 Å². The number of benzene rings is 3. The van der Waals surface area contributed by atoms with E-state index in [2.05, 4.69) is 30.9 Å². The Balaban J connectivity index is 1.61. The maximum atomic E-state index is 13.5. The van der Waals surface area contributed by atoms with Gasteiger partial charge in [0.1, 0.15) is 11.5 Å². The Labute approximate surface area is 192 Å². The summed E-state index contributed by atoms with van der Waals surface area (Å²) in [4.78, 5) is 22.2. The fraction of sp³-hybridized carbons (Fsp3) is 0.231. The maximum absolute atomic E-state index is 13.5. The van der Waals surface area contributed by atoms with E-state index in [1.165, 1.54) is 5.56 Å². The van der Waals surface area contributed by atoms with E-state index in [9.17, 15) is 4.79 Å². The highest BCUT2D eigenvalue weighted by molar-refractivity contribution is 7.22. The van der Waals surface area contributed by atoms with Crippen LogP contribution in [0.4, 0.5) is 5.13 Å². The highest BCUT2D eigenvalue weighted by Crippen LogP contribution is 2.32. The monoisotopic (exact) mass is 445 g/mol. The zero-order chi connectivity index (χ0) is 22.7. The molecule has 0 radical (unpaired) electrons. The van der Waals surface area contributed by atoms with Crippen LogP contribution in [0.15, 0.2) is 66.7 Å². The van der Waals surface area contributed by atoms with E-state index in [0.717, 1.165) is 33.2 Å². The number of amides is 1. The first-order chi connectivity index (χ1) is 15.4. The van der Waals surface area contributed by atoms with E-state index < -0.39 is 0 Å². The van der Waals surface area contributed by atoms with Crippen LogP contribution in [0.3, 0.4) is 0 Å². The van der Waals surface area contributed by atoms with Gasteiger partial charge in [-0.3, -0.25) is 9.69 Å². The topological polar surface area (TPSA) is 45.7 Å². The lowest BCUT2D eigenvalue weighted by Crippen LogP contribution is -2.36. The van der Waals surface area contributed by atoms with Crippen molar-refractivity contribution < 1.29 is 9.53 Å². The summed E-state index contributed by atoms with van der Waals surface area (Å²) in [7, 11) is 4.01. The minimum absolute atomic E-state index is 0.0634. The maximum Gasteiger partial charge on any atom is 0.260 e. The summed E-state index contributed by atoms with van der Waals surface area (Å²) in [5.74, 6) is 1.39. The molecule has 1 aromatic heterocycles. The van der Waals surface area contributed by atoms with Gasteiger partial charge in [0.05, 0.1) is 10.2 Å². The molecule has 1 heterocycles. The average Bonchev–Trinajstić information content (AvgIpc) is 3.19. The minimum Gasteiger partial charge on any atom is -0.457 e. The molecule has 0 saturated carbocycles. The third-order valence-corrected chi connectivity index (χ3v) is 6.17. The van der Waals surface area contributed by atoms with E-state index in [-0.39, 0.29) is 5.91 Å². The molecule has 0 saturated heterocycles. The highest BCUT2D eigenvalue weighted by Gasteiger charge is 2.22. The van der Waals surface area contributed by atoms with Crippen molar-refractivity contribution in [3.8, 4) is 11.5 Å². The molecule has 0 N–H and O–H groups in total. The predicted octanol–water partition coefficient (Wildman–Crippen LogP) is 5.91. The normalized spacial score (nSPS) is 11.2. The summed E-state index contributed by atoms with van der Waals surface area (Å²) in [6, 6.07) is 21.1. The highest BCUT2D eigenvalue weighted by atomic mass is 32.1. The van der Waals surface area contributed by atoms with Crippen LogP contribution < -0.4 is 9.64 Å². The SMILES string of the molecule is Cc1cc(C)c2nc(N(CCN(C)C)C(=O)c3ccc(Oc4ccccc4)cc3)sc2c1. The molecule has 164 valence electrons. The van der Waals surface area contributed by atoms with Gasteiger partial charge >= 0.3 is 0 Å². The van der Waals surface area contributed by atoms with Gasteiger partial charge in [-0.25, -0.2) is 4.98 Å². The minimum atomic E-state index is -0.0634. The van der Waals surface area contributed by atoms with Crippen molar-refractivity contribution in [3.63, 3.8) is 0 Å². The van der Waals surface area contributed by atoms with Crippen LogP contribution in [0.2, 0.25) is 0 Å². The Morgan fingerprint density at radius 2 is 1.62 bits per heavy atom. The first-order valence-corrected chi connectivity index (χ1v) is 11.4. The van der Waals surface area contributed by atoms with Crippen molar-refractivity contribution in [1.29, 1.82) is 0 Å². The first kappa shape index (κ1) is 22.0. The lowest BCUT2D eigenvalue weighted by molar-refractivity contribution is 0.0985. The van der Waals surface area contributed by atoms with Crippen molar-refractivity contribution in [2.24, 2.45) is 0 Å². The number of likely N-dealkylation sites (N-methyl/N-ethyl adjacent to an activating group) is 1. The Morgan fingerprint density at radius 1 is 0.938 bits per heavy atom. The summed E-state index contributed by atoms with van der Waals surface area (Å²) >= 11 is 1.56. The summed E-state index contributed by atoms with van der Waals surface area (Å²) in [5.41, 5.74) is 3.90. The summed E-state index contributed by atoms with van der Waals surface area (Å²) in [6.07, 6.45) is 0. The van der Waals surface area contributed by atoms with Gasteiger partial charge in [0.25, 0.3) is 5.91 Å². The van der Waals surface area contributed by atoms with Crippen LogP contribution in [0, 0.1) is 13.8 Å². The lowest BCUT2D eigenvalue weighted by Gasteiger charge is -2.22. The van der Waals surface area contributed by atoms with Gasteiger partial charge in [-0.15, -0.1) is 0 Å². The van der Waals surface area contributed by atoms with Gasteiger partial charge in [-0.05, 0) is 81.5 Å². The molecule has 0 fully saturated rings. The molecular weight excluding hydrogens is 418 g/mol. The van der Waals surface area contributed by atoms with Crippen molar-refractivity contribution in [3.05, 3.63) is 83.4 Å². The van der Waals surface area contributed by atoms with Gasteiger partial charge in [0, 0.05) is 18.7 Å².